The van der Waals surface area contributed by atoms with Crippen LogP contribution in [0.5, 0.6) is 0 Å². The molecule has 13 heavy (non-hydrogen) atoms. The average Bonchev–Trinajstić information content (AvgIpc) is 2.65. The maximum Gasteiger partial charge on any atom is 0.0794 e. The van der Waals surface area contributed by atoms with Crippen molar-refractivity contribution in [2.45, 2.75) is 25.3 Å². The van der Waals surface area contributed by atoms with E-state index in [4.69, 9.17) is 6.42 Å². The van der Waals surface area contributed by atoms with E-state index in [1.165, 1.54) is 4.88 Å². The van der Waals surface area contributed by atoms with E-state index in [-0.39, 0.29) is 0 Å². The minimum atomic E-state index is 0.417. The highest BCUT2D eigenvalue weighted by Gasteiger charge is 2.09. The van der Waals surface area contributed by atoms with Gasteiger partial charge in [0.05, 0.1) is 5.51 Å². The minimum Gasteiger partial charge on any atom is -0.312 e. The second-order valence-electron chi connectivity index (χ2n) is 2.84. The van der Waals surface area contributed by atoms with E-state index in [9.17, 15) is 0 Å². The van der Waals surface area contributed by atoms with E-state index in [2.05, 4.69) is 16.2 Å². The van der Waals surface area contributed by atoms with Crippen LogP contribution in [-0.2, 0) is 0 Å². The van der Waals surface area contributed by atoms with Crippen LogP contribution in [0.4, 0.5) is 0 Å². The zero-order valence-electron chi connectivity index (χ0n) is 7.79. The van der Waals surface area contributed by atoms with E-state index >= 15 is 0 Å². The summed E-state index contributed by atoms with van der Waals surface area (Å²) in [5.74, 6) is 2.65. The first-order valence-electron chi connectivity index (χ1n) is 4.37. The third-order valence-electron chi connectivity index (χ3n) is 1.96. The van der Waals surface area contributed by atoms with Crippen LogP contribution >= 0.6 is 11.3 Å². The fourth-order valence-corrected chi connectivity index (χ4v) is 2.00. The maximum absolute atomic E-state index is 5.19. The summed E-state index contributed by atoms with van der Waals surface area (Å²) in [6.07, 6.45) is 10.1. The summed E-state index contributed by atoms with van der Waals surface area (Å²) in [6, 6.07) is 0.417. The van der Waals surface area contributed by atoms with Crippen molar-refractivity contribution in [2.75, 3.05) is 7.05 Å². The first-order chi connectivity index (χ1) is 6.38. The van der Waals surface area contributed by atoms with Gasteiger partial charge < -0.3 is 5.32 Å². The van der Waals surface area contributed by atoms with Gasteiger partial charge in [-0.05, 0) is 19.9 Å². The van der Waals surface area contributed by atoms with Gasteiger partial charge >= 0.3 is 0 Å². The highest BCUT2D eigenvalue weighted by Crippen LogP contribution is 2.21. The van der Waals surface area contributed by atoms with E-state index in [1.807, 2.05) is 18.8 Å². The topological polar surface area (TPSA) is 24.9 Å². The molecule has 0 saturated carbocycles. The zero-order valence-corrected chi connectivity index (χ0v) is 8.60. The Hall–Kier alpha value is -0.850. The van der Waals surface area contributed by atoms with Crippen molar-refractivity contribution in [3.63, 3.8) is 0 Å². The summed E-state index contributed by atoms with van der Waals surface area (Å²) in [7, 11) is 1.97. The van der Waals surface area contributed by atoms with Gasteiger partial charge in [-0.25, -0.2) is 0 Å². The summed E-state index contributed by atoms with van der Waals surface area (Å²) in [6.45, 7) is 0. The number of unbranched alkanes of at least 4 members (excludes halogenated alkanes) is 1. The molecule has 70 valence electrons. The molecule has 1 unspecified atom stereocenters. The Morgan fingerprint density at radius 2 is 2.62 bits per heavy atom. The number of hydrogen-bond acceptors (Lipinski definition) is 3. The normalized spacial score (nSPS) is 12.3. The van der Waals surface area contributed by atoms with Crippen molar-refractivity contribution >= 4 is 11.3 Å². The molecule has 0 fully saturated rings. The Morgan fingerprint density at radius 3 is 3.15 bits per heavy atom. The lowest BCUT2D eigenvalue weighted by atomic mass is 10.1. The second kappa shape index (κ2) is 5.74. The predicted molar refractivity (Wildman–Crippen MR) is 56.6 cm³/mol. The van der Waals surface area contributed by atoms with Gasteiger partial charge in [0.25, 0.3) is 0 Å². The third-order valence-corrected chi connectivity index (χ3v) is 2.85. The molecule has 0 aliphatic carbocycles. The smallest absolute Gasteiger partial charge is 0.0794 e. The number of thiazole rings is 1. The van der Waals surface area contributed by atoms with Gasteiger partial charge in [-0.2, -0.15) is 0 Å². The maximum atomic E-state index is 5.19. The van der Waals surface area contributed by atoms with Crippen LogP contribution < -0.4 is 5.32 Å². The van der Waals surface area contributed by atoms with E-state index in [0.717, 1.165) is 19.3 Å². The number of nitrogens with one attached hydrogen (secondary N) is 1. The van der Waals surface area contributed by atoms with Crippen molar-refractivity contribution in [3.8, 4) is 12.3 Å². The number of nitrogens with zero attached hydrogens (tertiary/aromatic N) is 1. The quantitative estimate of drug-likeness (QED) is 0.574. The monoisotopic (exact) mass is 194 g/mol. The first kappa shape index (κ1) is 10.2. The summed E-state index contributed by atoms with van der Waals surface area (Å²) in [4.78, 5) is 5.35. The van der Waals surface area contributed by atoms with Crippen LogP contribution in [0.15, 0.2) is 11.7 Å². The molecule has 0 spiro atoms. The Labute approximate surface area is 83.4 Å². The molecule has 0 aliphatic heterocycles. The third kappa shape index (κ3) is 3.17. The highest BCUT2D eigenvalue weighted by molar-refractivity contribution is 7.09. The number of aromatic nitrogens is 1. The molecule has 3 heteroatoms. The SMILES string of the molecule is C#CCCCC(NC)c1cncs1. The van der Waals surface area contributed by atoms with Crippen LogP contribution in [0.1, 0.15) is 30.2 Å². The van der Waals surface area contributed by atoms with Gasteiger partial charge in [0.1, 0.15) is 0 Å². The average molecular weight is 194 g/mol. The van der Waals surface area contributed by atoms with E-state index in [0.29, 0.717) is 6.04 Å². The standard InChI is InChI=1S/C10H14N2S/c1-3-4-5-6-9(11-2)10-7-12-8-13-10/h1,7-9,11H,4-6H2,2H3. The molecule has 1 aromatic rings. The van der Waals surface area contributed by atoms with Gasteiger partial charge in [-0.3, -0.25) is 4.98 Å². The van der Waals surface area contributed by atoms with Gasteiger partial charge in [-0.15, -0.1) is 23.7 Å². The van der Waals surface area contributed by atoms with Gasteiger partial charge in [-0.1, -0.05) is 0 Å². The highest BCUT2D eigenvalue weighted by atomic mass is 32.1. The minimum absolute atomic E-state index is 0.417. The van der Waals surface area contributed by atoms with E-state index < -0.39 is 0 Å². The summed E-state index contributed by atoms with van der Waals surface area (Å²) in [5.41, 5.74) is 1.86. The molecule has 0 amide bonds. The lowest BCUT2D eigenvalue weighted by Gasteiger charge is -2.12. The fourth-order valence-electron chi connectivity index (χ4n) is 1.23. The molecule has 2 nitrogen and oxygen atoms in total. The zero-order chi connectivity index (χ0) is 9.52. The molecule has 0 saturated heterocycles. The molecule has 0 aromatic carbocycles. The lowest BCUT2D eigenvalue weighted by molar-refractivity contribution is 0.539. The summed E-state index contributed by atoms with van der Waals surface area (Å²) >= 11 is 1.69. The molecule has 1 atom stereocenters. The molecular formula is C10H14N2S. The Balaban J connectivity index is 2.41. The Kier molecular flexibility index (Phi) is 4.52. The van der Waals surface area contributed by atoms with Crippen molar-refractivity contribution in [1.82, 2.24) is 10.3 Å². The van der Waals surface area contributed by atoms with Crippen LogP contribution in [0.3, 0.4) is 0 Å². The second-order valence-corrected chi connectivity index (χ2v) is 3.76. The summed E-state index contributed by atoms with van der Waals surface area (Å²) in [5, 5.41) is 3.27. The van der Waals surface area contributed by atoms with Crippen molar-refractivity contribution in [3.05, 3.63) is 16.6 Å². The number of hydrogen-bond donors (Lipinski definition) is 1. The van der Waals surface area contributed by atoms with Crippen molar-refractivity contribution < 1.29 is 0 Å². The molecule has 0 radical (unpaired) electrons. The van der Waals surface area contributed by atoms with Crippen molar-refractivity contribution in [2.24, 2.45) is 0 Å². The largest absolute Gasteiger partial charge is 0.312 e. The molecule has 1 rings (SSSR count). The molecule has 0 bridgehead atoms. The molecule has 1 aromatic heterocycles. The molecule has 1 N–H and O–H groups in total. The molecule has 1 heterocycles. The van der Waals surface area contributed by atoms with Crippen LogP contribution in [-0.4, -0.2) is 12.0 Å². The first-order valence-corrected chi connectivity index (χ1v) is 5.25. The molecular weight excluding hydrogens is 180 g/mol. The predicted octanol–water partition coefficient (Wildman–Crippen LogP) is 2.21. The number of terminal acetylenes is 1. The molecule has 0 aliphatic rings. The van der Waals surface area contributed by atoms with Gasteiger partial charge in [0.2, 0.25) is 0 Å². The lowest BCUT2D eigenvalue weighted by Crippen LogP contribution is -2.14. The van der Waals surface area contributed by atoms with Crippen LogP contribution in [0, 0.1) is 12.3 Å². The van der Waals surface area contributed by atoms with Crippen LogP contribution in [0.2, 0.25) is 0 Å². The van der Waals surface area contributed by atoms with Crippen LogP contribution in [0.25, 0.3) is 0 Å². The summed E-state index contributed by atoms with van der Waals surface area (Å²) < 4.78 is 0. The van der Waals surface area contributed by atoms with E-state index in [1.54, 1.807) is 11.3 Å². The number of rotatable bonds is 5. The van der Waals surface area contributed by atoms with Gasteiger partial charge in [0.15, 0.2) is 0 Å². The van der Waals surface area contributed by atoms with Gasteiger partial charge in [0, 0.05) is 23.5 Å². The fraction of sp³-hybridized carbons (Fsp3) is 0.500. The Bertz CT molecular complexity index is 261. The Morgan fingerprint density at radius 1 is 1.77 bits per heavy atom. The van der Waals surface area contributed by atoms with Crippen molar-refractivity contribution in [1.29, 1.82) is 0 Å².